The van der Waals surface area contributed by atoms with E-state index in [0.717, 1.165) is 17.4 Å². The Hall–Kier alpha value is -2.06. The van der Waals surface area contributed by atoms with Crippen LogP contribution in [-0.2, 0) is 6.42 Å². The zero-order valence-corrected chi connectivity index (χ0v) is 11.4. The monoisotopic (exact) mass is 282 g/mol. The lowest BCUT2D eigenvalue weighted by Crippen LogP contribution is -2.24. The number of halogens is 1. The molecule has 2 nitrogen and oxygen atoms in total. The molecule has 0 spiro atoms. The van der Waals surface area contributed by atoms with Crippen molar-refractivity contribution in [2.45, 2.75) is 12.3 Å². The van der Waals surface area contributed by atoms with Crippen molar-refractivity contribution in [2.75, 3.05) is 0 Å². The number of rotatable bonds is 2. The van der Waals surface area contributed by atoms with E-state index in [1.165, 1.54) is 5.56 Å². The summed E-state index contributed by atoms with van der Waals surface area (Å²) in [7, 11) is 0. The highest BCUT2D eigenvalue weighted by Gasteiger charge is 2.34. The number of carbonyl (C=O) groups is 1. The van der Waals surface area contributed by atoms with E-state index in [9.17, 15) is 4.79 Å². The van der Waals surface area contributed by atoms with Crippen LogP contribution >= 0.6 is 11.6 Å². The summed E-state index contributed by atoms with van der Waals surface area (Å²) >= 11 is 6.08. The van der Waals surface area contributed by atoms with Crippen molar-refractivity contribution in [2.24, 2.45) is 0 Å². The summed E-state index contributed by atoms with van der Waals surface area (Å²) in [5.41, 5.74) is 2.95. The Morgan fingerprint density at radius 2 is 2.00 bits per heavy atom. The Morgan fingerprint density at radius 1 is 1.15 bits per heavy atom. The lowest BCUT2D eigenvalue weighted by atomic mass is 9.75. The average Bonchev–Trinajstić information content (AvgIpc) is 2.85. The summed E-state index contributed by atoms with van der Waals surface area (Å²) in [6, 6.07) is 15.3. The van der Waals surface area contributed by atoms with E-state index >= 15 is 0 Å². The van der Waals surface area contributed by atoms with Gasteiger partial charge in [-0.25, -0.2) is 0 Å². The molecular formula is C17H11ClO2. The van der Waals surface area contributed by atoms with Crippen LogP contribution in [0.25, 0.3) is 11.0 Å². The van der Waals surface area contributed by atoms with Gasteiger partial charge in [-0.15, -0.1) is 0 Å². The Bertz CT molecular complexity index is 832. The highest BCUT2D eigenvalue weighted by molar-refractivity contribution is 6.34. The maximum atomic E-state index is 12.5. The number of para-hydroxylation sites is 1. The largest absolute Gasteiger partial charge is 0.451 e. The lowest BCUT2D eigenvalue weighted by Gasteiger charge is -2.27. The Balaban J connectivity index is 1.74. The van der Waals surface area contributed by atoms with Gasteiger partial charge in [-0.3, -0.25) is 4.79 Å². The van der Waals surface area contributed by atoms with E-state index in [0.29, 0.717) is 16.4 Å². The molecule has 0 fully saturated rings. The number of hydrogen-bond acceptors (Lipinski definition) is 2. The minimum absolute atomic E-state index is 0.0379. The van der Waals surface area contributed by atoms with Crippen LogP contribution in [0.1, 0.15) is 27.6 Å². The van der Waals surface area contributed by atoms with Crippen LogP contribution in [0.4, 0.5) is 0 Å². The van der Waals surface area contributed by atoms with Gasteiger partial charge in [-0.2, -0.15) is 0 Å². The predicted molar refractivity (Wildman–Crippen MR) is 78.4 cm³/mol. The standard InChI is InChI=1S/C17H11ClO2/c18-14-7-3-5-11-9-15(20-17(11)14)16(19)13-8-10-4-1-2-6-12(10)13/h1-7,9,13H,8H2. The molecule has 1 aliphatic carbocycles. The number of carbonyl (C=O) groups excluding carboxylic acids is 1. The van der Waals surface area contributed by atoms with Crippen molar-refractivity contribution < 1.29 is 9.21 Å². The van der Waals surface area contributed by atoms with Gasteiger partial charge in [0.2, 0.25) is 5.78 Å². The lowest BCUT2D eigenvalue weighted by molar-refractivity contribution is 0.0923. The molecule has 3 heteroatoms. The first-order valence-corrected chi connectivity index (χ1v) is 6.92. The first kappa shape index (κ1) is 11.7. The van der Waals surface area contributed by atoms with E-state index in [4.69, 9.17) is 16.0 Å². The fourth-order valence-electron chi connectivity index (χ4n) is 2.81. The zero-order valence-electron chi connectivity index (χ0n) is 10.6. The van der Waals surface area contributed by atoms with E-state index in [2.05, 4.69) is 6.07 Å². The third kappa shape index (κ3) is 1.61. The fraction of sp³-hybridized carbons (Fsp3) is 0.118. The van der Waals surface area contributed by atoms with Crippen LogP contribution < -0.4 is 0 Å². The van der Waals surface area contributed by atoms with Crippen LogP contribution in [0.5, 0.6) is 0 Å². The minimum Gasteiger partial charge on any atom is -0.451 e. The Morgan fingerprint density at radius 3 is 2.80 bits per heavy atom. The molecule has 1 aromatic heterocycles. The number of hydrogen-bond donors (Lipinski definition) is 0. The first-order chi connectivity index (χ1) is 9.74. The topological polar surface area (TPSA) is 30.2 Å². The molecule has 0 amide bonds. The molecule has 1 heterocycles. The first-order valence-electron chi connectivity index (χ1n) is 6.54. The number of ketones is 1. The molecule has 0 N–H and O–H groups in total. The highest BCUT2D eigenvalue weighted by atomic mass is 35.5. The fourth-order valence-corrected chi connectivity index (χ4v) is 3.03. The van der Waals surface area contributed by atoms with E-state index in [1.54, 1.807) is 12.1 Å². The molecule has 4 rings (SSSR count). The molecule has 3 aromatic rings. The van der Waals surface area contributed by atoms with Crippen molar-refractivity contribution in [3.63, 3.8) is 0 Å². The molecule has 98 valence electrons. The molecule has 0 radical (unpaired) electrons. The highest BCUT2D eigenvalue weighted by Crippen LogP contribution is 2.38. The molecule has 0 saturated heterocycles. The Labute approximate surface area is 121 Å². The third-order valence-corrected chi connectivity index (χ3v) is 4.21. The van der Waals surface area contributed by atoms with Crippen molar-refractivity contribution in [1.29, 1.82) is 0 Å². The number of furan rings is 1. The van der Waals surface area contributed by atoms with E-state index in [1.807, 2.05) is 30.3 Å². The third-order valence-electron chi connectivity index (χ3n) is 3.91. The molecule has 1 aliphatic rings. The molecule has 0 bridgehead atoms. The normalized spacial score (nSPS) is 16.8. The van der Waals surface area contributed by atoms with Crippen LogP contribution in [0.3, 0.4) is 0 Å². The van der Waals surface area contributed by atoms with Crippen LogP contribution in [-0.4, -0.2) is 5.78 Å². The van der Waals surface area contributed by atoms with Crippen LogP contribution in [0.2, 0.25) is 5.02 Å². The Kier molecular flexibility index (Phi) is 2.48. The maximum absolute atomic E-state index is 12.5. The van der Waals surface area contributed by atoms with Gasteiger partial charge in [0.15, 0.2) is 11.3 Å². The van der Waals surface area contributed by atoms with Gasteiger partial charge in [0.05, 0.1) is 10.9 Å². The minimum atomic E-state index is -0.0782. The number of fused-ring (bicyclic) bond motifs is 2. The zero-order chi connectivity index (χ0) is 13.7. The van der Waals surface area contributed by atoms with Crippen molar-refractivity contribution in [3.05, 3.63) is 70.4 Å². The second-order valence-corrected chi connectivity index (χ2v) is 5.50. The summed E-state index contributed by atoms with van der Waals surface area (Å²) < 4.78 is 5.65. The van der Waals surface area contributed by atoms with Gasteiger partial charge in [0, 0.05) is 5.39 Å². The summed E-state index contributed by atoms with van der Waals surface area (Å²) in [6.45, 7) is 0. The number of Topliss-reactive ketones (excluding diaryl/α,β-unsaturated/α-hetero) is 1. The van der Waals surface area contributed by atoms with Crippen LogP contribution in [0.15, 0.2) is 52.9 Å². The SMILES string of the molecule is O=C(c1cc2cccc(Cl)c2o1)C1Cc2ccccc21. The second-order valence-electron chi connectivity index (χ2n) is 5.09. The smallest absolute Gasteiger partial charge is 0.205 e. The van der Waals surface area contributed by atoms with E-state index < -0.39 is 0 Å². The van der Waals surface area contributed by atoms with Crippen molar-refractivity contribution >= 4 is 28.4 Å². The molecule has 1 atom stereocenters. The summed E-state index contributed by atoms with van der Waals surface area (Å²) in [6.07, 6.45) is 0.791. The van der Waals surface area contributed by atoms with Gasteiger partial charge in [-0.05, 0) is 29.7 Å². The maximum Gasteiger partial charge on any atom is 0.205 e. The molecule has 20 heavy (non-hydrogen) atoms. The molecule has 0 saturated carbocycles. The summed E-state index contributed by atoms with van der Waals surface area (Å²) in [5.74, 6) is 0.356. The van der Waals surface area contributed by atoms with E-state index in [-0.39, 0.29) is 11.7 Å². The van der Waals surface area contributed by atoms with Gasteiger partial charge in [0.1, 0.15) is 0 Å². The number of benzene rings is 2. The quantitative estimate of drug-likeness (QED) is 0.643. The molecule has 2 aromatic carbocycles. The van der Waals surface area contributed by atoms with Gasteiger partial charge < -0.3 is 4.42 Å². The van der Waals surface area contributed by atoms with Gasteiger partial charge in [-0.1, -0.05) is 48.0 Å². The van der Waals surface area contributed by atoms with Gasteiger partial charge >= 0.3 is 0 Å². The molecular weight excluding hydrogens is 272 g/mol. The average molecular weight is 283 g/mol. The van der Waals surface area contributed by atoms with Crippen molar-refractivity contribution in [1.82, 2.24) is 0 Å². The molecule has 0 aliphatic heterocycles. The van der Waals surface area contributed by atoms with Gasteiger partial charge in [0.25, 0.3) is 0 Å². The molecule has 1 unspecified atom stereocenters. The summed E-state index contributed by atoms with van der Waals surface area (Å²) in [4.78, 5) is 12.5. The second kappa shape index (κ2) is 4.22. The van der Waals surface area contributed by atoms with Crippen molar-refractivity contribution in [3.8, 4) is 0 Å². The summed E-state index contributed by atoms with van der Waals surface area (Å²) in [5, 5.41) is 1.41. The predicted octanol–water partition coefficient (Wildman–Crippen LogP) is 4.61. The van der Waals surface area contributed by atoms with Crippen LogP contribution in [0, 0.1) is 0 Å².